The van der Waals surface area contributed by atoms with Crippen LogP contribution in [0.15, 0.2) is 18.2 Å². The molecule has 2 aliphatic rings. The molecule has 0 saturated carbocycles. The zero-order valence-electron chi connectivity index (χ0n) is 15.4. The first-order chi connectivity index (χ1) is 12.5. The van der Waals surface area contributed by atoms with Crippen LogP contribution in [0.1, 0.15) is 31.7 Å². The molecule has 7 heteroatoms. The summed E-state index contributed by atoms with van der Waals surface area (Å²) in [5.74, 6) is 0.259. The van der Waals surface area contributed by atoms with Gasteiger partial charge in [0.25, 0.3) is 0 Å². The van der Waals surface area contributed by atoms with Crippen LogP contribution in [0.4, 0.5) is 9.18 Å². The topological polar surface area (TPSA) is 61.9 Å². The summed E-state index contributed by atoms with van der Waals surface area (Å²) in [7, 11) is 1.53. The van der Waals surface area contributed by atoms with E-state index in [1.807, 2.05) is 6.92 Å². The number of likely N-dealkylation sites (tertiary alicyclic amines) is 2. The summed E-state index contributed by atoms with van der Waals surface area (Å²) in [5.41, 5.74) is -0.0769. The molecule has 3 rings (SSSR count). The van der Waals surface area contributed by atoms with Gasteiger partial charge in [0.15, 0.2) is 0 Å². The number of urea groups is 1. The average Bonchev–Trinajstić information content (AvgIpc) is 3.06. The third kappa shape index (κ3) is 3.48. The molecule has 2 fully saturated rings. The molecular weight excluding hydrogens is 337 g/mol. The molecular formula is C19H26FN3O3. The Balaban J connectivity index is 1.73. The fraction of sp³-hybridized carbons (Fsp3) is 0.579. The summed E-state index contributed by atoms with van der Waals surface area (Å²) < 4.78 is 19.3. The summed E-state index contributed by atoms with van der Waals surface area (Å²) in [6.07, 6.45) is 2.31. The summed E-state index contributed by atoms with van der Waals surface area (Å²) in [4.78, 5) is 28.7. The van der Waals surface area contributed by atoms with Crippen LogP contribution in [-0.2, 0) is 11.3 Å². The number of rotatable bonds is 4. The molecule has 2 aliphatic heterocycles. The third-order valence-electron chi connectivity index (χ3n) is 5.41. The van der Waals surface area contributed by atoms with Gasteiger partial charge in [0.2, 0.25) is 5.91 Å². The van der Waals surface area contributed by atoms with Crippen molar-refractivity contribution in [3.63, 3.8) is 0 Å². The van der Waals surface area contributed by atoms with Crippen LogP contribution in [0.2, 0.25) is 0 Å². The van der Waals surface area contributed by atoms with Crippen molar-refractivity contribution in [2.75, 3.05) is 33.3 Å². The van der Waals surface area contributed by atoms with E-state index in [2.05, 4.69) is 5.32 Å². The van der Waals surface area contributed by atoms with E-state index in [-0.39, 0.29) is 24.3 Å². The molecule has 0 aliphatic carbocycles. The lowest BCUT2D eigenvalue weighted by atomic mass is 9.78. The maximum atomic E-state index is 14.2. The Hall–Kier alpha value is -2.31. The maximum Gasteiger partial charge on any atom is 0.317 e. The molecule has 142 valence electrons. The standard InChI is InChI=1S/C19H26FN3O3/c1-3-21-18(25)23-10-8-19(13-23)7-4-9-22(17(19)24)12-14-11-15(26-2)5-6-16(14)20/h5-6,11H,3-4,7-10,12-13H2,1-2H3,(H,21,25). The number of hydrogen-bond acceptors (Lipinski definition) is 3. The number of carbonyl (C=O) groups excluding carboxylic acids is 2. The van der Waals surface area contributed by atoms with E-state index in [0.29, 0.717) is 43.9 Å². The second-order valence-electron chi connectivity index (χ2n) is 7.07. The molecule has 2 heterocycles. The van der Waals surface area contributed by atoms with Crippen molar-refractivity contribution >= 4 is 11.9 Å². The van der Waals surface area contributed by atoms with Crippen LogP contribution in [0, 0.1) is 11.2 Å². The molecule has 6 nitrogen and oxygen atoms in total. The zero-order valence-corrected chi connectivity index (χ0v) is 15.4. The van der Waals surface area contributed by atoms with Gasteiger partial charge in [0, 0.05) is 38.3 Å². The highest BCUT2D eigenvalue weighted by Gasteiger charge is 2.49. The highest BCUT2D eigenvalue weighted by molar-refractivity contribution is 5.85. The molecule has 1 unspecified atom stereocenters. The maximum absolute atomic E-state index is 14.2. The molecule has 1 aromatic rings. The number of halogens is 1. The minimum absolute atomic E-state index is 0.0257. The Kier molecular flexibility index (Phi) is 5.34. The van der Waals surface area contributed by atoms with E-state index in [1.165, 1.54) is 13.2 Å². The molecule has 1 spiro atoms. The highest BCUT2D eigenvalue weighted by atomic mass is 19.1. The van der Waals surface area contributed by atoms with E-state index in [0.717, 1.165) is 12.8 Å². The first-order valence-electron chi connectivity index (χ1n) is 9.13. The second kappa shape index (κ2) is 7.51. The van der Waals surface area contributed by atoms with E-state index in [1.54, 1.807) is 21.9 Å². The predicted octanol–water partition coefficient (Wildman–Crippen LogP) is 2.38. The lowest BCUT2D eigenvalue weighted by Gasteiger charge is -2.39. The summed E-state index contributed by atoms with van der Waals surface area (Å²) in [6.45, 7) is 4.30. The molecule has 26 heavy (non-hydrogen) atoms. The molecule has 2 saturated heterocycles. The molecule has 0 aromatic heterocycles. The number of ether oxygens (including phenoxy) is 1. The Labute approximate surface area is 153 Å². The van der Waals surface area contributed by atoms with Gasteiger partial charge in [-0.05, 0) is 44.4 Å². The van der Waals surface area contributed by atoms with Gasteiger partial charge in [0.05, 0.1) is 12.5 Å². The largest absolute Gasteiger partial charge is 0.497 e. The van der Waals surface area contributed by atoms with Crippen molar-refractivity contribution < 1.29 is 18.7 Å². The minimum atomic E-state index is -0.529. The van der Waals surface area contributed by atoms with E-state index < -0.39 is 5.41 Å². The Morgan fingerprint density at radius 3 is 2.88 bits per heavy atom. The lowest BCUT2D eigenvalue weighted by molar-refractivity contribution is -0.146. The fourth-order valence-electron chi connectivity index (χ4n) is 4.00. The van der Waals surface area contributed by atoms with Gasteiger partial charge in [-0.1, -0.05) is 0 Å². The van der Waals surface area contributed by atoms with Gasteiger partial charge in [-0.3, -0.25) is 4.79 Å². The van der Waals surface area contributed by atoms with Crippen LogP contribution in [0.5, 0.6) is 5.75 Å². The molecule has 1 N–H and O–H groups in total. The molecule has 1 aromatic carbocycles. The Morgan fingerprint density at radius 2 is 2.15 bits per heavy atom. The molecule has 0 bridgehead atoms. The van der Waals surface area contributed by atoms with Crippen molar-refractivity contribution in [1.29, 1.82) is 0 Å². The van der Waals surface area contributed by atoms with Crippen molar-refractivity contribution in [2.24, 2.45) is 5.41 Å². The van der Waals surface area contributed by atoms with E-state index in [9.17, 15) is 14.0 Å². The van der Waals surface area contributed by atoms with Crippen molar-refractivity contribution in [3.05, 3.63) is 29.6 Å². The first kappa shape index (κ1) is 18.5. The summed E-state index contributed by atoms with van der Waals surface area (Å²) in [5, 5.41) is 2.79. The highest BCUT2D eigenvalue weighted by Crippen LogP contribution is 2.40. The number of piperidine rings is 1. The monoisotopic (exact) mass is 363 g/mol. The van der Waals surface area contributed by atoms with Gasteiger partial charge in [-0.2, -0.15) is 0 Å². The van der Waals surface area contributed by atoms with Crippen molar-refractivity contribution in [3.8, 4) is 5.75 Å². The van der Waals surface area contributed by atoms with Gasteiger partial charge >= 0.3 is 6.03 Å². The number of amides is 3. The fourth-order valence-corrected chi connectivity index (χ4v) is 4.00. The van der Waals surface area contributed by atoms with Crippen molar-refractivity contribution in [2.45, 2.75) is 32.7 Å². The lowest BCUT2D eigenvalue weighted by Crippen LogP contribution is -2.50. The normalized spacial score (nSPS) is 22.8. The van der Waals surface area contributed by atoms with Crippen LogP contribution in [-0.4, -0.2) is 55.0 Å². The third-order valence-corrected chi connectivity index (χ3v) is 5.41. The number of benzene rings is 1. The molecule has 1 atom stereocenters. The quantitative estimate of drug-likeness (QED) is 0.893. The van der Waals surface area contributed by atoms with Crippen LogP contribution in [0.25, 0.3) is 0 Å². The Bertz CT molecular complexity index is 697. The van der Waals surface area contributed by atoms with Gasteiger partial charge in [-0.25, -0.2) is 9.18 Å². The second-order valence-corrected chi connectivity index (χ2v) is 7.07. The van der Waals surface area contributed by atoms with Crippen LogP contribution in [0.3, 0.4) is 0 Å². The van der Waals surface area contributed by atoms with Gasteiger partial charge in [0.1, 0.15) is 11.6 Å². The number of carbonyl (C=O) groups is 2. The number of methoxy groups -OCH3 is 1. The minimum Gasteiger partial charge on any atom is -0.497 e. The van der Waals surface area contributed by atoms with E-state index >= 15 is 0 Å². The Morgan fingerprint density at radius 1 is 1.35 bits per heavy atom. The van der Waals surface area contributed by atoms with Gasteiger partial charge < -0.3 is 19.9 Å². The summed E-state index contributed by atoms with van der Waals surface area (Å²) in [6, 6.07) is 4.46. The predicted molar refractivity (Wildman–Crippen MR) is 95.3 cm³/mol. The number of nitrogens with one attached hydrogen (secondary N) is 1. The number of nitrogens with zero attached hydrogens (tertiary/aromatic N) is 2. The zero-order chi connectivity index (χ0) is 18.7. The summed E-state index contributed by atoms with van der Waals surface area (Å²) >= 11 is 0. The average molecular weight is 363 g/mol. The molecule has 3 amide bonds. The number of hydrogen-bond donors (Lipinski definition) is 1. The van der Waals surface area contributed by atoms with E-state index in [4.69, 9.17) is 4.74 Å². The molecule has 0 radical (unpaired) electrons. The smallest absolute Gasteiger partial charge is 0.317 e. The first-order valence-corrected chi connectivity index (χ1v) is 9.13. The van der Waals surface area contributed by atoms with Crippen LogP contribution < -0.4 is 10.1 Å². The van der Waals surface area contributed by atoms with Crippen molar-refractivity contribution in [1.82, 2.24) is 15.1 Å². The van der Waals surface area contributed by atoms with Crippen LogP contribution >= 0.6 is 0 Å². The SMILES string of the molecule is CCNC(=O)N1CCC2(CCCN(Cc3cc(OC)ccc3F)C2=O)C1. The van der Waals surface area contributed by atoms with Gasteiger partial charge in [-0.15, -0.1) is 0 Å².